The number of methoxy groups -OCH3 is 2. The summed E-state index contributed by atoms with van der Waals surface area (Å²) in [4.78, 5) is 12.9. The van der Waals surface area contributed by atoms with Crippen LogP contribution in [0.5, 0.6) is 11.5 Å². The summed E-state index contributed by atoms with van der Waals surface area (Å²) >= 11 is 0. The van der Waals surface area contributed by atoms with Gasteiger partial charge in [-0.3, -0.25) is 4.79 Å². The molecule has 4 aromatic rings. The van der Waals surface area contributed by atoms with E-state index in [9.17, 15) is 18.0 Å². The Kier molecular flexibility index (Phi) is 6.33. The topological polar surface area (TPSA) is 90.6 Å². The van der Waals surface area contributed by atoms with Crippen molar-refractivity contribution in [2.75, 3.05) is 19.5 Å². The molecule has 1 amide bonds. The molecular formula is C24H22F3N5O3. The molecule has 2 heterocycles. The van der Waals surface area contributed by atoms with Crippen LogP contribution >= 0.6 is 0 Å². The molecule has 2 aromatic carbocycles. The van der Waals surface area contributed by atoms with Crippen LogP contribution < -0.4 is 14.8 Å². The van der Waals surface area contributed by atoms with E-state index in [4.69, 9.17) is 9.47 Å². The normalized spacial score (nSPS) is 11.5. The average Bonchev–Trinajstić information content (AvgIpc) is 3.23. The van der Waals surface area contributed by atoms with Crippen molar-refractivity contribution in [2.45, 2.75) is 26.4 Å². The monoisotopic (exact) mass is 485 g/mol. The lowest BCUT2D eigenvalue weighted by Crippen LogP contribution is -2.19. The lowest BCUT2D eigenvalue weighted by atomic mass is 10.0. The zero-order valence-electron chi connectivity index (χ0n) is 19.4. The van der Waals surface area contributed by atoms with E-state index in [1.54, 1.807) is 26.2 Å². The quantitative estimate of drug-likeness (QED) is 0.416. The molecule has 0 aliphatic rings. The minimum Gasteiger partial charge on any atom is -0.493 e. The summed E-state index contributed by atoms with van der Waals surface area (Å²) in [6.07, 6.45) is -3.94. The molecule has 0 aliphatic heterocycles. The molecule has 182 valence electrons. The first-order valence-electron chi connectivity index (χ1n) is 10.6. The molecule has 0 unspecified atom stereocenters. The Balaban J connectivity index is 1.75. The fourth-order valence-corrected chi connectivity index (χ4v) is 3.76. The smallest absolute Gasteiger partial charge is 0.416 e. The van der Waals surface area contributed by atoms with E-state index in [0.717, 1.165) is 29.0 Å². The van der Waals surface area contributed by atoms with E-state index in [1.807, 2.05) is 13.0 Å². The third-order valence-corrected chi connectivity index (χ3v) is 5.51. The summed E-state index contributed by atoms with van der Waals surface area (Å²) in [6.45, 7) is 3.59. The second-order valence-electron chi connectivity index (χ2n) is 7.65. The van der Waals surface area contributed by atoms with Crippen molar-refractivity contribution in [3.63, 3.8) is 0 Å². The molecule has 2 aromatic heterocycles. The first-order chi connectivity index (χ1) is 16.7. The largest absolute Gasteiger partial charge is 0.493 e. The molecule has 8 nitrogen and oxygen atoms in total. The van der Waals surface area contributed by atoms with Crippen LogP contribution in [0.1, 0.15) is 34.4 Å². The van der Waals surface area contributed by atoms with Crippen molar-refractivity contribution in [1.82, 2.24) is 19.8 Å². The predicted octanol–water partition coefficient (Wildman–Crippen LogP) is 4.95. The van der Waals surface area contributed by atoms with E-state index in [0.29, 0.717) is 29.3 Å². The third-order valence-electron chi connectivity index (χ3n) is 5.51. The Morgan fingerprint density at radius 2 is 1.80 bits per heavy atom. The van der Waals surface area contributed by atoms with Crippen LogP contribution in [0.3, 0.4) is 0 Å². The van der Waals surface area contributed by atoms with Crippen LogP contribution in [0.25, 0.3) is 16.8 Å². The summed E-state index contributed by atoms with van der Waals surface area (Å²) < 4.78 is 51.3. The highest BCUT2D eigenvalue weighted by atomic mass is 19.4. The highest BCUT2D eigenvalue weighted by Crippen LogP contribution is 2.36. The van der Waals surface area contributed by atoms with E-state index in [-0.39, 0.29) is 11.4 Å². The first kappa shape index (κ1) is 24.0. The van der Waals surface area contributed by atoms with Crippen molar-refractivity contribution >= 4 is 17.2 Å². The maximum absolute atomic E-state index is 13.0. The van der Waals surface area contributed by atoms with Gasteiger partial charge >= 0.3 is 6.18 Å². The van der Waals surface area contributed by atoms with Crippen LogP contribution in [0.4, 0.5) is 18.9 Å². The Bertz CT molecular complexity index is 1420. The fourth-order valence-electron chi connectivity index (χ4n) is 3.76. The van der Waals surface area contributed by atoms with Crippen LogP contribution in [0.2, 0.25) is 0 Å². The summed E-state index contributed by atoms with van der Waals surface area (Å²) in [5.41, 5.74) is 2.13. The number of amides is 1. The van der Waals surface area contributed by atoms with Crippen LogP contribution in [0, 0.1) is 6.92 Å². The fraction of sp³-hybridized carbons (Fsp3) is 0.250. The number of anilines is 1. The van der Waals surface area contributed by atoms with E-state index < -0.39 is 17.6 Å². The molecule has 0 fully saturated rings. The Hall–Kier alpha value is -4.15. The molecule has 0 bridgehead atoms. The first-order valence-corrected chi connectivity index (χ1v) is 10.6. The van der Waals surface area contributed by atoms with Gasteiger partial charge < -0.3 is 14.8 Å². The second kappa shape index (κ2) is 9.24. The van der Waals surface area contributed by atoms with Crippen LogP contribution in [-0.4, -0.2) is 39.9 Å². The number of fused-ring (bicyclic) bond motifs is 1. The number of alkyl halides is 3. The standard InChI is InChI=1S/C24H22F3N5O3/c1-5-17-20(14-9-10-18(34-3)19(11-14)35-4)22-30-29-21(13(2)32(22)31-17)23(33)28-16-8-6-7-15(12-16)24(25,26)27/h6-12H,5H2,1-4H3,(H,28,33). The van der Waals surface area contributed by atoms with Gasteiger partial charge in [-0.1, -0.05) is 19.1 Å². The summed E-state index contributed by atoms with van der Waals surface area (Å²) in [6, 6.07) is 9.80. The van der Waals surface area contributed by atoms with Gasteiger partial charge in [0.1, 0.15) is 0 Å². The summed E-state index contributed by atoms with van der Waals surface area (Å²) in [5.74, 6) is 0.409. The highest BCUT2D eigenvalue weighted by Gasteiger charge is 2.30. The molecule has 0 atom stereocenters. The van der Waals surface area contributed by atoms with Crippen LogP contribution in [-0.2, 0) is 12.6 Å². The second-order valence-corrected chi connectivity index (χ2v) is 7.65. The van der Waals surface area contributed by atoms with E-state index in [2.05, 4.69) is 20.6 Å². The maximum atomic E-state index is 13.0. The SMILES string of the molecule is CCc1nn2c(C)c(C(=O)Nc3cccc(C(F)(F)F)c3)nnc2c1-c1ccc(OC)c(OC)c1. The summed E-state index contributed by atoms with van der Waals surface area (Å²) in [7, 11) is 3.09. The zero-order valence-corrected chi connectivity index (χ0v) is 19.4. The van der Waals surface area contributed by atoms with Crippen molar-refractivity contribution in [1.29, 1.82) is 0 Å². The molecular weight excluding hydrogens is 463 g/mol. The highest BCUT2D eigenvalue weighted by molar-refractivity contribution is 6.03. The lowest BCUT2D eigenvalue weighted by molar-refractivity contribution is -0.137. The number of ether oxygens (including phenoxy) is 2. The van der Waals surface area contributed by atoms with Crippen molar-refractivity contribution in [3.05, 3.63) is 65.1 Å². The molecule has 1 N–H and O–H groups in total. The number of rotatable bonds is 6. The molecule has 11 heteroatoms. The van der Waals surface area contributed by atoms with Gasteiger partial charge in [-0.05, 0) is 49.2 Å². The number of nitrogens with one attached hydrogen (secondary N) is 1. The molecule has 0 saturated carbocycles. The maximum Gasteiger partial charge on any atom is 0.416 e. The number of aryl methyl sites for hydroxylation is 2. The number of aromatic nitrogens is 4. The third kappa shape index (κ3) is 4.48. The van der Waals surface area contributed by atoms with Crippen LogP contribution in [0.15, 0.2) is 42.5 Å². The number of benzene rings is 2. The van der Waals surface area contributed by atoms with E-state index in [1.165, 1.54) is 23.8 Å². The predicted molar refractivity (Wildman–Crippen MR) is 123 cm³/mol. The lowest BCUT2D eigenvalue weighted by Gasteiger charge is -2.11. The Morgan fingerprint density at radius 1 is 1.06 bits per heavy atom. The van der Waals surface area contributed by atoms with Gasteiger partial charge in [0.2, 0.25) is 0 Å². The van der Waals surface area contributed by atoms with Crippen molar-refractivity contribution in [2.24, 2.45) is 0 Å². The van der Waals surface area contributed by atoms with Gasteiger partial charge in [-0.25, -0.2) is 4.52 Å². The summed E-state index contributed by atoms with van der Waals surface area (Å²) in [5, 5.41) is 15.4. The minimum absolute atomic E-state index is 0.00755. The Labute approximate surface area is 198 Å². The van der Waals surface area contributed by atoms with Crippen molar-refractivity contribution < 1.29 is 27.4 Å². The van der Waals surface area contributed by atoms with Gasteiger partial charge in [0, 0.05) is 5.69 Å². The van der Waals surface area contributed by atoms with Gasteiger partial charge in [0.15, 0.2) is 22.8 Å². The molecule has 35 heavy (non-hydrogen) atoms. The van der Waals surface area contributed by atoms with Gasteiger partial charge in [-0.15, -0.1) is 10.2 Å². The number of hydrogen-bond acceptors (Lipinski definition) is 6. The number of carbonyl (C=O) groups is 1. The molecule has 0 spiro atoms. The minimum atomic E-state index is -4.53. The van der Waals surface area contributed by atoms with Gasteiger partial charge in [-0.2, -0.15) is 18.3 Å². The van der Waals surface area contributed by atoms with Gasteiger partial charge in [0.25, 0.3) is 5.91 Å². The molecule has 4 rings (SSSR count). The average molecular weight is 485 g/mol. The Morgan fingerprint density at radius 3 is 2.46 bits per heavy atom. The number of nitrogens with zero attached hydrogens (tertiary/aromatic N) is 4. The molecule has 0 radical (unpaired) electrons. The number of hydrogen-bond donors (Lipinski definition) is 1. The zero-order chi connectivity index (χ0) is 25.3. The molecule has 0 aliphatic carbocycles. The number of halogens is 3. The van der Waals surface area contributed by atoms with E-state index >= 15 is 0 Å². The molecule has 0 saturated heterocycles. The van der Waals surface area contributed by atoms with Gasteiger partial charge in [0.05, 0.1) is 36.7 Å². The number of carbonyl (C=O) groups excluding carboxylic acids is 1. The van der Waals surface area contributed by atoms with Crippen molar-refractivity contribution in [3.8, 4) is 22.6 Å².